The van der Waals surface area contributed by atoms with Gasteiger partial charge in [0.1, 0.15) is 0 Å². The quantitative estimate of drug-likeness (QED) is 0.446. The predicted molar refractivity (Wildman–Crippen MR) is 118 cm³/mol. The van der Waals surface area contributed by atoms with Gasteiger partial charge < -0.3 is 10.2 Å². The Kier molecular flexibility index (Phi) is 6.06. The van der Waals surface area contributed by atoms with Gasteiger partial charge in [0, 0.05) is 17.3 Å². The summed E-state index contributed by atoms with van der Waals surface area (Å²) in [6.07, 6.45) is -5.48. The molecule has 1 aliphatic carbocycles. The third kappa shape index (κ3) is 4.76. The van der Waals surface area contributed by atoms with Gasteiger partial charge in [-0.05, 0) is 43.4 Å². The van der Waals surface area contributed by atoms with Gasteiger partial charge in [0.05, 0.1) is 36.2 Å². The number of halogens is 7. The number of nitrogens with zero attached hydrogens (tertiary/aromatic N) is 6. The molecule has 3 aromatic rings. The molecule has 38 heavy (non-hydrogen) atoms. The van der Waals surface area contributed by atoms with E-state index >= 15 is 0 Å². The maximum atomic E-state index is 13.6. The summed E-state index contributed by atoms with van der Waals surface area (Å²) in [6.45, 7) is 1.95. The number of hydrogen-bond donors (Lipinski definition) is 1. The molecule has 2 aromatic heterocycles. The molecule has 2 saturated heterocycles. The van der Waals surface area contributed by atoms with Crippen molar-refractivity contribution < 1.29 is 35.5 Å². The van der Waals surface area contributed by atoms with Gasteiger partial charge in [-0.25, -0.2) is 23.8 Å². The van der Waals surface area contributed by atoms with E-state index in [4.69, 9.17) is 0 Å². The van der Waals surface area contributed by atoms with Crippen LogP contribution in [0.15, 0.2) is 36.8 Å². The predicted octanol–water partition coefficient (Wildman–Crippen LogP) is 5.39. The average Bonchev–Trinajstić information content (AvgIpc) is 3.27. The summed E-state index contributed by atoms with van der Waals surface area (Å²) in [7, 11) is 0. The Bertz CT molecular complexity index is 1360. The maximum Gasteiger partial charge on any atom is 0.436 e. The van der Waals surface area contributed by atoms with Gasteiger partial charge in [-0.15, -0.1) is 5.10 Å². The Balaban J connectivity index is 1.41. The molecule has 0 spiro atoms. The van der Waals surface area contributed by atoms with Crippen molar-refractivity contribution in [3.05, 3.63) is 53.9 Å². The minimum absolute atomic E-state index is 0.0132. The van der Waals surface area contributed by atoms with Gasteiger partial charge in [-0.3, -0.25) is 0 Å². The highest BCUT2D eigenvalue weighted by molar-refractivity contribution is 5.92. The van der Waals surface area contributed by atoms with Crippen LogP contribution < -0.4 is 5.32 Å². The van der Waals surface area contributed by atoms with Crippen molar-refractivity contribution in [3.8, 4) is 11.4 Å². The lowest BCUT2D eigenvalue weighted by molar-refractivity contribution is -0.141. The zero-order valence-corrected chi connectivity index (χ0v) is 19.7. The highest BCUT2D eigenvalue weighted by Gasteiger charge is 2.58. The van der Waals surface area contributed by atoms with Crippen LogP contribution in [0.3, 0.4) is 0 Å². The standard InChI is InChI=1S/C23H20F7N7O/c1-12-4-15-7-21(6-12,11-36-10-18(34-35-36)23(28,29)30)37(15)20(38)33-14-2-3-17(22(25,26)27)16(5-14)19-31-8-13(24)9-32-19/h2-3,5,8-10,12,15H,4,6-7,11H2,1H3,(H,33,38)/t12-,15-,21+/m0/s1. The van der Waals surface area contributed by atoms with E-state index in [0.717, 1.165) is 41.5 Å². The Morgan fingerprint density at radius 3 is 2.45 bits per heavy atom. The second-order valence-electron chi connectivity index (χ2n) is 9.71. The first-order valence-electron chi connectivity index (χ1n) is 11.5. The molecule has 1 N–H and O–H groups in total. The summed E-state index contributed by atoms with van der Waals surface area (Å²) in [5.74, 6) is -1.02. The molecule has 3 fully saturated rings. The number of benzene rings is 1. The van der Waals surface area contributed by atoms with Crippen LogP contribution in [0.5, 0.6) is 0 Å². The van der Waals surface area contributed by atoms with Crippen molar-refractivity contribution in [1.82, 2.24) is 29.9 Å². The molecule has 2 aliphatic heterocycles. The molecule has 0 radical (unpaired) electrons. The molecule has 6 rings (SSSR count). The van der Waals surface area contributed by atoms with E-state index in [2.05, 4.69) is 25.6 Å². The Morgan fingerprint density at radius 2 is 1.82 bits per heavy atom. The van der Waals surface area contributed by atoms with Crippen molar-refractivity contribution in [2.45, 2.75) is 56.7 Å². The zero-order valence-electron chi connectivity index (χ0n) is 19.7. The van der Waals surface area contributed by atoms with Gasteiger partial charge in [0.2, 0.25) is 0 Å². The molecule has 8 nitrogen and oxygen atoms in total. The summed E-state index contributed by atoms with van der Waals surface area (Å²) in [4.78, 5) is 22.1. The second kappa shape index (κ2) is 8.91. The lowest BCUT2D eigenvalue weighted by Gasteiger charge is -2.63. The molecule has 15 heteroatoms. The van der Waals surface area contributed by atoms with Crippen molar-refractivity contribution in [2.24, 2.45) is 5.92 Å². The third-order valence-electron chi connectivity index (χ3n) is 6.84. The van der Waals surface area contributed by atoms with Crippen LogP contribution in [0.4, 0.5) is 41.2 Å². The number of anilines is 1. The number of aromatic nitrogens is 5. The number of fused-ring (bicyclic) bond motifs is 2. The van der Waals surface area contributed by atoms with Crippen LogP contribution in [0.2, 0.25) is 0 Å². The van der Waals surface area contributed by atoms with E-state index in [1.165, 1.54) is 4.90 Å². The smallest absolute Gasteiger partial charge is 0.314 e. The zero-order chi connectivity index (χ0) is 27.5. The Hall–Kier alpha value is -3.78. The minimum atomic E-state index is -4.77. The fourth-order valence-electron chi connectivity index (χ4n) is 5.55. The molecule has 202 valence electrons. The monoisotopic (exact) mass is 543 g/mol. The lowest BCUT2D eigenvalue weighted by Crippen LogP contribution is -2.73. The highest BCUT2D eigenvalue weighted by atomic mass is 19.4. The van der Waals surface area contributed by atoms with E-state index in [0.29, 0.717) is 19.3 Å². The minimum Gasteiger partial charge on any atom is -0.314 e. The number of carbonyl (C=O) groups excluding carboxylic acids is 1. The fourth-order valence-corrected chi connectivity index (χ4v) is 5.55. The highest BCUT2D eigenvalue weighted by Crippen LogP contribution is 2.51. The molecule has 1 aromatic carbocycles. The van der Waals surface area contributed by atoms with E-state index in [1.54, 1.807) is 0 Å². The molecule has 4 heterocycles. The summed E-state index contributed by atoms with van der Waals surface area (Å²) < 4.78 is 94.1. The van der Waals surface area contributed by atoms with Gasteiger partial charge in [0.15, 0.2) is 17.3 Å². The summed E-state index contributed by atoms with van der Waals surface area (Å²) in [5.41, 5.74) is -3.49. The van der Waals surface area contributed by atoms with Crippen molar-refractivity contribution in [2.75, 3.05) is 5.32 Å². The number of amides is 2. The largest absolute Gasteiger partial charge is 0.436 e. The topological polar surface area (TPSA) is 88.8 Å². The van der Waals surface area contributed by atoms with E-state index in [9.17, 15) is 35.5 Å². The summed E-state index contributed by atoms with van der Waals surface area (Å²) in [5, 5.41) is 9.34. The number of nitrogens with one attached hydrogen (secondary N) is 1. The van der Waals surface area contributed by atoms with E-state index in [1.807, 2.05) is 6.92 Å². The second-order valence-corrected chi connectivity index (χ2v) is 9.71. The number of piperidine rings is 1. The first kappa shape index (κ1) is 25.9. The van der Waals surface area contributed by atoms with Gasteiger partial charge in [0.25, 0.3) is 0 Å². The van der Waals surface area contributed by atoms with Crippen LogP contribution >= 0.6 is 0 Å². The molecular weight excluding hydrogens is 523 g/mol. The van der Waals surface area contributed by atoms with Crippen LogP contribution in [-0.2, 0) is 18.9 Å². The molecule has 1 saturated carbocycles. The molecule has 3 aliphatic rings. The van der Waals surface area contributed by atoms with Gasteiger partial charge in [-0.1, -0.05) is 12.1 Å². The van der Waals surface area contributed by atoms with Crippen LogP contribution in [0.25, 0.3) is 11.4 Å². The van der Waals surface area contributed by atoms with E-state index < -0.39 is 46.6 Å². The van der Waals surface area contributed by atoms with Gasteiger partial charge in [-0.2, -0.15) is 26.3 Å². The number of hydrogen-bond acceptors (Lipinski definition) is 5. The number of urea groups is 1. The average molecular weight is 543 g/mol. The lowest BCUT2D eigenvalue weighted by atomic mass is 9.64. The molecule has 2 bridgehead atoms. The summed E-state index contributed by atoms with van der Waals surface area (Å²) >= 11 is 0. The maximum absolute atomic E-state index is 13.6. The SMILES string of the molecule is C[C@H]1C[C@H]2C[C@@](Cn3cc(C(F)(F)F)nn3)(C1)N2C(=O)Nc1ccc(C(F)(F)F)c(-c2ncc(F)cn2)c1. The Morgan fingerprint density at radius 1 is 1.11 bits per heavy atom. The van der Waals surface area contributed by atoms with Crippen molar-refractivity contribution in [3.63, 3.8) is 0 Å². The molecular formula is C23H20F7N7O. The van der Waals surface area contributed by atoms with Gasteiger partial charge >= 0.3 is 18.4 Å². The fraction of sp³-hybridized carbons (Fsp3) is 0.435. The normalized spacial score (nSPS) is 23.2. The van der Waals surface area contributed by atoms with E-state index in [-0.39, 0.29) is 30.0 Å². The number of carbonyl (C=O) groups is 1. The van der Waals surface area contributed by atoms with Crippen molar-refractivity contribution in [1.29, 1.82) is 0 Å². The first-order chi connectivity index (χ1) is 17.7. The van der Waals surface area contributed by atoms with Crippen LogP contribution in [0, 0.1) is 11.7 Å². The van der Waals surface area contributed by atoms with Crippen LogP contribution in [-0.4, -0.2) is 47.5 Å². The Labute approximate surface area is 210 Å². The van der Waals surface area contributed by atoms with Crippen molar-refractivity contribution >= 4 is 11.7 Å². The summed E-state index contributed by atoms with van der Waals surface area (Å²) in [6, 6.07) is 2.08. The molecule has 3 atom stereocenters. The molecule has 0 unspecified atom stereocenters. The third-order valence-corrected chi connectivity index (χ3v) is 6.84. The van der Waals surface area contributed by atoms with Crippen LogP contribution in [0.1, 0.15) is 37.4 Å². The number of alkyl halides is 6. The molecule has 2 amide bonds. The number of rotatable bonds is 4. The first-order valence-corrected chi connectivity index (χ1v) is 11.5.